The third kappa shape index (κ3) is 3.36. The molecule has 0 amide bonds. The molecule has 7 heteroatoms. The van der Waals surface area contributed by atoms with Gasteiger partial charge in [0.1, 0.15) is 5.82 Å². The first-order chi connectivity index (χ1) is 9.60. The Balaban J connectivity index is 2.10. The summed E-state index contributed by atoms with van der Waals surface area (Å²) in [6, 6.07) is 4.99. The maximum Gasteiger partial charge on any atom is 0.337 e. The summed E-state index contributed by atoms with van der Waals surface area (Å²) in [5.74, 6) is -0.145. The molecule has 0 saturated carbocycles. The number of carbonyl (C=O) groups is 1. The second-order valence-electron chi connectivity index (χ2n) is 3.91. The Bertz CT molecular complexity index is 634. The van der Waals surface area contributed by atoms with Crippen LogP contribution in [-0.2, 0) is 6.54 Å². The van der Waals surface area contributed by atoms with Gasteiger partial charge in [-0.15, -0.1) is 0 Å². The molecule has 104 valence electrons. The van der Waals surface area contributed by atoms with E-state index >= 15 is 0 Å². The summed E-state index contributed by atoms with van der Waals surface area (Å²) in [6.07, 6.45) is 2.94. The van der Waals surface area contributed by atoms with Gasteiger partial charge >= 0.3 is 5.97 Å². The summed E-state index contributed by atoms with van der Waals surface area (Å²) in [5, 5.41) is 12.1. The quantitative estimate of drug-likeness (QED) is 0.881. The Kier molecular flexibility index (Phi) is 4.37. The molecule has 0 unspecified atom stereocenters. The van der Waals surface area contributed by atoms with Gasteiger partial charge in [0, 0.05) is 25.0 Å². The van der Waals surface area contributed by atoms with Crippen LogP contribution in [0, 0.1) is 0 Å². The van der Waals surface area contributed by atoms with Crippen LogP contribution in [0.3, 0.4) is 0 Å². The number of pyridine rings is 2. The van der Waals surface area contributed by atoms with E-state index in [2.05, 4.69) is 15.3 Å². The summed E-state index contributed by atoms with van der Waals surface area (Å²) in [7, 11) is 1.54. The predicted octanol–water partition coefficient (Wildman–Crippen LogP) is 2.45. The normalized spacial score (nSPS) is 10.1. The van der Waals surface area contributed by atoms with Crippen LogP contribution >= 0.6 is 11.6 Å². The number of ether oxygens (including phenoxy) is 1. The standard InChI is InChI=1S/C13H12ClN3O3/c1-20-12-4-8(2-3-15-12)6-16-11-5-9(13(18)19)10(14)7-17-11/h2-5,7H,6H2,1H3,(H,16,17)(H,18,19). The van der Waals surface area contributed by atoms with Crippen molar-refractivity contribution in [1.82, 2.24) is 9.97 Å². The van der Waals surface area contributed by atoms with Gasteiger partial charge in [0.05, 0.1) is 17.7 Å². The lowest BCUT2D eigenvalue weighted by atomic mass is 10.2. The number of carboxylic acid groups (broad SMARTS) is 1. The van der Waals surface area contributed by atoms with Crippen LogP contribution in [0.15, 0.2) is 30.6 Å². The highest BCUT2D eigenvalue weighted by Crippen LogP contribution is 2.18. The van der Waals surface area contributed by atoms with Gasteiger partial charge in [-0.3, -0.25) is 0 Å². The van der Waals surface area contributed by atoms with Crippen molar-refractivity contribution in [2.75, 3.05) is 12.4 Å². The van der Waals surface area contributed by atoms with Gasteiger partial charge in [-0.05, 0) is 17.7 Å². The molecular weight excluding hydrogens is 282 g/mol. The summed E-state index contributed by atoms with van der Waals surface area (Å²) in [4.78, 5) is 19.0. The second-order valence-corrected chi connectivity index (χ2v) is 4.32. The van der Waals surface area contributed by atoms with E-state index in [1.807, 2.05) is 6.07 Å². The summed E-state index contributed by atoms with van der Waals surface area (Å²) < 4.78 is 5.02. The van der Waals surface area contributed by atoms with Crippen LogP contribution in [-0.4, -0.2) is 28.2 Å². The van der Waals surface area contributed by atoms with Gasteiger partial charge in [-0.1, -0.05) is 11.6 Å². The van der Waals surface area contributed by atoms with Crippen molar-refractivity contribution in [3.05, 3.63) is 46.7 Å². The number of hydrogen-bond donors (Lipinski definition) is 2. The third-order valence-corrected chi connectivity index (χ3v) is 2.87. The van der Waals surface area contributed by atoms with Crippen molar-refractivity contribution in [2.24, 2.45) is 0 Å². The van der Waals surface area contributed by atoms with Crippen molar-refractivity contribution < 1.29 is 14.6 Å². The van der Waals surface area contributed by atoms with Crippen LogP contribution in [0.4, 0.5) is 5.82 Å². The lowest BCUT2D eigenvalue weighted by molar-refractivity contribution is 0.0697. The number of anilines is 1. The van der Waals surface area contributed by atoms with Crippen LogP contribution < -0.4 is 10.1 Å². The number of nitrogens with zero attached hydrogens (tertiary/aromatic N) is 2. The molecule has 2 N–H and O–H groups in total. The number of nitrogens with one attached hydrogen (secondary N) is 1. The second kappa shape index (κ2) is 6.21. The molecule has 0 aromatic carbocycles. The minimum absolute atomic E-state index is 0.0106. The molecule has 0 bridgehead atoms. The Morgan fingerprint density at radius 3 is 2.95 bits per heavy atom. The van der Waals surface area contributed by atoms with E-state index in [0.29, 0.717) is 18.2 Å². The molecule has 6 nitrogen and oxygen atoms in total. The van der Waals surface area contributed by atoms with Crippen LogP contribution in [0.2, 0.25) is 5.02 Å². The van der Waals surface area contributed by atoms with Crippen molar-refractivity contribution >= 4 is 23.4 Å². The Morgan fingerprint density at radius 1 is 1.45 bits per heavy atom. The number of methoxy groups -OCH3 is 1. The first-order valence-corrected chi connectivity index (χ1v) is 6.09. The average Bonchev–Trinajstić information content (AvgIpc) is 2.46. The van der Waals surface area contributed by atoms with E-state index in [0.717, 1.165) is 5.56 Å². The highest BCUT2D eigenvalue weighted by atomic mass is 35.5. The van der Waals surface area contributed by atoms with Gasteiger partial charge < -0.3 is 15.2 Å². The van der Waals surface area contributed by atoms with E-state index in [4.69, 9.17) is 21.4 Å². The van der Waals surface area contributed by atoms with E-state index in [-0.39, 0.29) is 10.6 Å². The molecule has 0 radical (unpaired) electrons. The Labute approximate surface area is 120 Å². The van der Waals surface area contributed by atoms with Crippen molar-refractivity contribution in [2.45, 2.75) is 6.54 Å². The molecule has 2 heterocycles. The minimum atomic E-state index is -1.09. The average molecular weight is 294 g/mol. The fourth-order valence-electron chi connectivity index (χ4n) is 1.56. The molecule has 0 spiro atoms. The number of rotatable bonds is 5. The Morgan fingerprint density at radius 2 is 2.25 bits per heavy atom. The number of aromatic carboxylic acids is 1. The summed E-state index contributed by atoms with van der Waals surface area (Å²) >= 11 is 5.75. The van der Waals surface area contributed by atoms with Crippen molar-refractivity contribution in [3.8, 4) is 5.88 Å². The highest BCUT2D eigenvalue weighted by molar-refractivity contribution is 6.33. The van der Waals surface area contributed by atoms with E-state index in [1.165, 1.54) is 12.3 Å². The van der Waals surface area contributed by atoms with E-state index in [9.17, 15) is 4.79 Å². The van der Waals surface area contributed by atoms with E-state index in [1.54, 1.807) is 19.4 Å². The first kappa shape index (κ1) is 14.1. The van der Waals surface area contributed by atoms with Gasteiger partial charge in [0.15, 0.2) is 0 Å². The number of hydrogen-bond acceptors (Lipinski definition) is 5. The molecule has 2 aromatic heterocycles. The number of aromatic nitrogens is 2. The molecule has 0 fully saturated rings. The van der Waals surface area contributed by atoms with Gasteiger partial charge in [-0.2, -0.15) is 0 Å². The largest absolute Gasteiger partial charge is 0.481 e. The molecule has 0 saturated heterocycles. The van der Waals surface area contributed by atoms with Crippen LogP contribution in [0.25, 0.3) is 0 Å². The van der Waals surface area contributed by atoms with Crippen molar-refractivity contribution in [1.29, 1.82) is 0 Å². The Hall–Kier alpha value is -2.34. The zero-order valence-corrected chi connectivity index (χ0v) is 11.4. The molecular formula is C13H12ClN3O3. The molecule has 0 aliphatic carbocycles. The molecule has 20 heavy (non-hydrogen) atoms. The zero-order valence-electron chi connectivity index (χ0n) is 10.6. The fourth-order valence-corrected chi connectivity index (χ4v) is 1.75. The lowest BCUT2D eigenvalue weighted by Crippen LogP contribution is -2.05. The zero-order chi connectivity index (χ0) is 14.5. The molecule has 0 aliphatic rings. The molecule has 2 aromatic rings. The topological polar surface area (TPSA) is 84.3 Å². The maximum atomic E-state index is 11.0. The highest BCUT2D eigenvalue weighted by Gasteiger charge is 2.10. The molecule has 0 aliphatic heterocycles. The SMILES string of the molecule is COc1cc(CNc2cc(C(=O)O)c(Cl)cn2)ccn1. The lowest BCUT2D eigenvalue weighted by Gasteiger charge is -2.08. The number of halogens is 1. The third-order valence-electron chi connectivity index (χ3n) is 2.57. The van der Waals surface area contributed by atoms with E-state index < -0.39 is 5.97 Å². The molecule has 2 rings (SSSR count). The van der Waals surface area contributed by atoms with Crippen LogP contribution in [0.5, 0.6) is 5.88 Å². The maximum absolute atomic E-state index is 11.0. The van der Waals surface area contributed by atoms with Gasteiger partial charge in [0.2, 0.25) is 5.88 Å². The monoisotopic (exact) mass is 293 g/mol. The smallest absolute Gasteiger partial charge is 0.337 e. The first-order valence-electron chi connectivity index (χ1n) is 5.72. The fraction of sp³-hybridized carbons (Fsp3) is 0.154. The van der Waals surface area contributed by atoms with Crippen molar-refractivity contribution in [3.63, 3.8) is 0 Å². The predicted molar refractivity (Wildman–Crippen MR) is 74.3 cm³/mol. The van der Waals surface area contributed by atoms with Gasteiger partial charge in [-0.25, -0.2) is 14.8 Å². The number of carboxylic acids is 1. The summed E-state index contributed by atoms with van der Waals surface area (Å²) in [6.45, 7) is 0.465. The minimum Gasteiger partial charge on any atom is -0.481 e. The van der Waals surface area contributed by atoms with Crippen LogP contribution in [0.1, 0.15) is 15.9 Å². The van der Waals surface area contributed by atoms with Gasteiger partial charge in [0.25, 0.3) is 0 Å². The summed E-state index contributed by atoms with van der Waals surface area (Å²) in [5.41, 5.74) is 0.946. The molecule has 0 atom stereocenters.